The standard InChI is InChI=1S/C22H20FN3OS/c23-21-12-5-4-10-19(21)15-27-20-11-6-9-18(13-20)14-25-26-22(24)28-16-17-7-2-1-3-8-17/h1-14H,15-16H2,(H2,24,26). The van der Waals surface area contributed by atoms with Crippen molar-refractivity contribution in [3.8, 4) is 5.75 Å². The van der Waals surface area contributed by atoms with Crippen LogP contribution >= 0.6 is 11.8 Å². The van der Waals surface area contributed by atoms with Gasteiger partial charge in [-0.3, -0.25) is 0 Å². The number of halogens is 1. The molecule has 6 heteroatoms. The summed E-state index contributed by atoms with van der Waals surface area (Å²) in [5.74, 6) is 1.09. The average Bonchev–Trinajstić information content (AvgIpc) is 2.73. The quantitative estimate of drug-likeness (QED) is 0.350. The van der Waals surface area contributed by atoms with Crippen molar-refractivity contribution >= 4 is 23.1 Å². The topological polar surface area (TPSA) is 60.0 Å². The van der Waals surface area contributed by atoms with Gasteiger partial charge in [-0.25, -0.2) is 4.39 Å². The maximum Gasteiger partial charge on any atom is 0.180 e. The van der Waals surface area contributed by atoms with Crippen molar-refractivity contribution < 1.29 is 9.13 Å². The Bertz CT molecular complexity index is 961. The molecule has 0 amide bonds. The molecule has 3 aromatic rings. The summed E-state index contributed by atoms with van der Waals surface area (Å²) in [6.07, 6.45) is 1.60. The monoisotopic (exact) mass is 393 g/mol. The summed E-state index contributed by atoms with van der Waals surface area (Å²) in [7, 11) is 0. The van der Waals surface area contributed by atoms with Crippen LogP contribution in [0.4, 0.5) is 4.39 Å². The van der Waals surface area contributed by atoms with Crippen LogP contribution in [-0.4, -0.2) is 11.4 Å². The fraction of sp³-hybridized carbons (Fsp3) is 0.0909. The molecule has 0 saturated carbocycles. The number of hydrogen-bond acceptors (Lipinski definition) is 4. The molecule has 2 N–H and O–H groups in total. The Morgan fingerprint density at radius 3 is 2.61 bits per heavy atom. The highest BCUT2D eigenvalue weighted by atomic mass is 32.2. The van der Waals surface area contributed by atoms with E-state index < -0.39 is 0 Å². The fourth-order valence-electron chi connectivity index (χ4n) is 2.37. The van der Waals surface area contributed by atoms with Crippen LogP contribution in [0.3, 0.4) is 0 Å². The van der Waals surface area contributed by atoms with Gasteiger partial charge in [0.2, 0.25) is 0 Å². The zero-order chi connectivity index (χ0) is 19.6. The number of benzene rings is 3. The number of ether oxygens (including phenoxy) is 1. The van der Waals surface area contributed by atoms with E-state index in [2.05, 4.69) is 10.2 Å². The molecule has 0 aliphatic heterocycles. The van der Waals surface area contributed by atoms with E-state index in [1.165, 1.54) is 23.4 Å². The van der Waals surface area contributed by atoms with E-state index in [1.54, 1.807) is 24.4 Å². The highest BCUT2D eigenvalue weighted by molar-refractivity contribution is 8.13. The molecule has 0 saturated heterocycles. The van der Waals surface area contributed by atoms with Crippen molar-refractivity contribution in [2.45, 2.75) is 12.4 Å². The molecule has 0 spiro atoms. The summed E-state index contributed by atoms with van der Waals surface area (Å²) >= 11 is 1.43. The second-order valence-corrected chi connectivity index (χ2v) is 6.91. The predicted molar refractivity (Wildman–Crippen MR) is 114 cm³/mol. The van der Waals surface area contributed by atoms with Gasteiger partial charge in [0, 0.05) is 11.3 Å². The third-order valence-electron chi connectivity index (χ3n) is 3.80. The third kappa shape index (κ3) is 6.25. The highest BCUT2D eigenvalue weighted by Crippen LogP contribution is 2.16. The largest absolute Gasteiger partial charge is 0.489 e. The van der Waals surface area contributed by atoms with E-state index in [-0.39, 0.29) is 12.4 Å². The second-order valence-electron chi connectivity index (χ2n) is 5.91. The van der Waals surface area contributed by atoms with Crippen LogP contribution in [0.2, 0.25) is 0 Å². The van der Waals surface area contributed by atoms with Crippen LogP contribution in [0.25, 0.3) is 0 Å². The first-order valence-electron chi connectivity index (χ1n) is 8.70. The lowest BCUT2D eigenvalue weighted by atomic mass is 10.2. The van der Waals surface area contributed by atoms with Crippen LogP contribution in [0.15, 0.2) is 89.1 Å². The zero-order valence-electron chi connectivity index (χ0n) is 15.2. The van der Waals surface area contributed by atoms with Gasteiger partial charge >= 0.3 is 0 Å². The molecule has 0 bridgehead atoms. The van der Waals surface area contributed by atoms with Gasteiger partial charge in [0.25, 0.3) is 0 Å². The maximum atomic E-state index is 13.7. The molecule has 0 fully saturated rings. The second kappa shape index (κ2) is 10.3. The van der Waals surface area contributed by atoms with E-state index in [1.807, 2.05) is 54.6 Å². The Balaban J connectivity index is 1.54. The molecule has 3 rings (SSSR count). The first kappa shape index (κ1) is 19.6. The molecule has 0 unspecified atom stereocenters. The summed E-state index contributed by atoms with van der Waals surface area (Å²) in [4.78, 5) is 0. The Kier molecular flexibility index (Phi) is 7.21. The Labute approximate surface area is 168 Å². The molecule has 0 radical (unpaired) electrons. The Morgan fingerprint density at radius 2 is 1.79 bits per heavy atom. The molecule has 142 valence electrons. The van der Waals surface area contributed by atoms with Gasteiger partial charge in [-0.2, -0.15) is 5.10 Å². The average molecular weight is 393 g/mol. The van der Waals surface area contributed by atoms with E-state index in [0.29, 0.717) is 16.5 Å². The number of rotatable bonds is 7. The van der Waals surface area contributed by atoms with Gasteiger partial charge in [-0.05, 0) is 29.3 Å². The molecular weight excluding hydrogens is 373 g/mol. The van der Waals surface area contributed by atoms with Crippen molar-refractivity contribution in [3.63, 3.8) is 0 Å². The van der Waals surface area contributed by atoms with Gasteiger partial charge in [0.05, 0.1) is 6.21 Å². The SMILES string of the molecule is NC(=NN=Cc1cccc(OCc2ccccc2F)c1)SCc1ccccc1. The van der Waals surface area contributed by atoms with Crippen LogP contribution in [0.5, 0.6) is 5.75 Å². The van der Waals surface area contributed by atoms with E-state index in [0.717, 1.165) is 11.3 Å². The number of amidine groups is 1. The molecular formula is C22H20FN3OS. The van der Waals surface area contributed by atoms with Crippen molar-refractivity contribution in [1.82, 2.24) is 0 Å². The van der Waals surface area contributed by atoms with Crippen molar-refractivity contribution in [3.05, 3.63) is 101 Å². The summed E-state index contributed by atoms with van der Waals surface area (Å²) in [5.41, 5.74) is 8.38. The minimum atomic E-state index is -0.280. The summed E-state index contributed by atoms with van der Waals surface area (Å²) in [6, 6.07) is 23.9. The molecule has 0 aromatic heterocycles. The molecule has 3 aromatic carbocycles. The van der Waals surface area contributed by atoms with Gasteiger partial charge < -0.3 is 10.5 Å². The van der Waals surface area contributed by atoms with Crippen molar-refractivity contribution in [2.75, 3.05) is 0 Å². The molecule has 0 atom stereocenters. The predicted octanol–water partition coefficient (Wildman–Crippen LogP) is 4.99. The lowest BCUT2D eigenvalue weighted by Gasteiger charge is -2.07. The van der Waals surface area contributed by atoms with Gasteiger partial charge in [-0.1, -0.05) is 72.4 Å². The summed E-state index contributed by atoms with van der Waals surface area (Å²) in [6.45, 7) is 0.161. The Morgan fingerprint density at radius 1 is 1.00 bits per heavy atom. The number of hydrogen-bond donors (Lipinski definition) is 1. The highest BCUT2D eigenvalue weighted by Gasteiger charge is 2.02. The van der Waals surface area contributed by atoms with Crippen molar-refractivity contribution in [1.29, 1.82) is 0 Å². The first-order chi connectivity index (χ1) is 13.7. The van der Waals surface area contributed by atoms with Crippen LogP contribution < -0.4 is 10.5 Å². The van der Waals surface area contributed by atoms with Crippen molar-refractivity contribution in [2.24, 2.45) is 15.9 Å². The zero-order valence-corrected chi connectivity index (χ0v) is 16.0. The molecule has 28 heavy (non-hydrogen) atoms. The van der Waals surface area contributed by atoms with E-state index in [4.69, 9.17) is 10.5 Å². The molecule has 0 aliphatic carbocycles. The third-order valence-corrected chi connectivity index (χ3v) is 4.66. The fourth-order valence-corrected chi connectivity index (χ4v) is 2.99. The van der Waals surface area contributed by atoms with Crippen LogP contribution in [0, 0.1) is 5.82 Å². The summed E-state index contributed by atoms with van der Waals surface area (Å²) in [5, 5.41) is 8.43. The van der Waals surface area contributed by atoms with E-state index >= 15 is 0 Å². The molecule has 4 nitrogen and oxygen atoms in total. The van der Waals surface area contributed by atoms with Gasteiger partial charge in [0.15, 0.2) is 5.17 Å². The lowest BCUT2D eigenvalue weighted by molar-refractivity contribution is 0.300. The minimum absolute atomic E-state index is 0.161. The van der Waals surface area contributed by atoms with Crippen LogP contribution in [-0.2, 0) is 12.4 Å². The maximum absolute atomic E-state index is 13.7. The first-order valence-corrected chi connectivity index (χ1v) is 9.69. The van der Waals surface area contributed by atoms with Gasteiger partial charge in [-0.15, -0.1) is 5.10 Å². The molecule has 0 heterocycles. The normalized spacial score (nSPS) is 11.7. The minimum Gasteiger partial charge on any atom is -0.489 e. The molecule has 0 aliphatic rings. The van der Waals surface area contributed by atoms with E-state index in [9.17, 15) is 4.39 Å². The Hall–Kier alpha value is -3.12. The number of thioether (sulfide) groups is 1. The smallest absolute Gasteiger partial charge is 0.180 e. The summed E-state index contributed by atoms with van der Waals surface area (Å²) < 4.78 is 19.3. The van der Waals surface area contributed by atoms with Gasteiger partial charge in [0.1, 0.15) is 18.2 Å². The lowest BCUT2D eigenvalue weighted by Crippen LogP contribution is -2.06. The number of nitrogens with two attached hydrogens (primary N) is 1. The van der Waals surface area contributed by atoms with Crippen LogP contribution in [0.1, 0.15) is 16.7 Å². The number of nitrogens with zero attached hydrogens (tertiary/aromatic N) is 2.